The van der Waals surface area contributed by atoms with Gasteiger partial charge in [-0.2, -0.15) is 0 Å². The van der Waals surface area contributed by atoms with E-state index in [-0.39, 0.29) is 5.92 Å². The lowest BCUT2D eigenvalue weighted by Gasteiger charge is -2.34. The summed E-state index contributed by atoms with van der Waals surface area (Å²) in [6.07, 6.45) is 11.0. The van der Waals surface area contributed by atoms with Gasteiger partial charge in [-0.1, -0.05) is 142 Å². The van der Waals surface area contributed by atoms with Gasteiger partial charge in [-0.25, -0.2) is 9.97 Å². The molecule has 0 saturated heterocycles. The van der Waals surface area contributed by atoms with Crippen LogP contribution in [-0.2, 0) is 44.9 Å². The summed E-state index contributed by atoms with van der Waals surface area (Å²) in [7, 11) is -2.94. The van der Waals surface area contributed by atoms with Crippen molar-refractivity contribution in [1.29, 1.82) is 0 Å². The molecule has 0 saturated carbocycles. The van der Waals surface area contributed by atoms with E-state index in [0.29, 0.717) is 0 Å². The Morgan fingerprint density at radius 3 is 1.61 bits per heavy atom. The molecular weight excluding hydrogens is 1180 g/mol. The monoisotopic (exact) mass is 1230 g/mol. The molecule has 0 bridgehead atoms. The molecule has 6 aromatic carbocycles. The van der Waals surface area contributed by atoms with E-state index in [1.807, 2.05) is 28.7 Å². The summed E-state index contributed by atoms with van der Waals surface area (Å²) in [4.78, 5) is 18.3. The second kappa shape index (κ2) is 20.3. The van der Waals surface area contributed by atoms with Crippen molar-refractivity contribution in [2.45, 2.75) is 76.5 Å². The van der Waals surface area contributed by atoms with Gasteiger partial charge in [0.15, 0.2) is 29.6 Å². The zero-order valence-electron chi connectivity index (χ0n) is 45.9. The summed E-state index contributed by atoms with van der Waals surface area (Å²) < 4.78 is 25.4. The van der Waals surface area contributed by atoms with Crippen molar-refractivity contribution in [2.75, 3.05) is 0 Å². The van der Waals surface area contributed by atoms with Crippen molar-refractivity contribution in [3.05, 3.63) is 211 Å². The molecule has 412 valence electrons. The molecule has 14 aromatic rings. The topological polar surface area (TPSA) is 104 Å². The van der Waals surface area contributed by atoms with Gasteiger partial charge in [-0.3, -0.25) is 0 Å². The van der Waals surface area contributed by atoms with Crippen LogP contribution < -0.4 is 20.7 Å². The molecule has 0 aliphatic heterocycles. The largest absolute Gasteiger partial charge is 0.454 e. The number of aromatic nitrogens is 6. The number of thiazole rings is 2. The molecule has 0 radical (unpaired) electrons. The Labute approximate surface area is 515 Å². The first-order chi connectivity index (χ1) is 42.1. The van der Waals surface area contributed by atoms with Gasteiger partial charge in [0, 0.05) is 47.3 Å². The van der Waals surface area contributed by atoms with E-state index in [1.165, 1.54) is 98.0 Å². The summed E-state index contributed by atoms with van der Waals surface area (Å²) in [5, 5.41) is 19.8. The van der Waals surface area contributed by atoms with Crippen LogP contribution in [0.3, 0.4) is 0 Å². The Bertz CT molecular complexity index is 4890. The SMILES string of the molecule is c1ccc(-c2cc3c(o2)-c2nc(-c4nc5c(s4)CCCc4cc(-c6cccc(C7CCc8c(sc9ccc([Si](c%10ccccc%10)(c%10ccccc%10)c%10ccc%11sc%12c(c%11c%10)CCCc%10snnc%10-%12)cc89)-c8nnsc87)c6)oc4-5)sc2CCC3)cc1. The van der Waals surface area contributed by atoms with Gasteiger partial charge in [-0.15, -0.1) is 55.5 Å². The second-order valence-corrected chi connectivity index (χ2v) is 32.6. The van der Waals surface area contributed by atoms with Crippen LogP contribution in [0.1, 0.15) is 78.9 Å². The molecular formula is C70H50N6O2S6Si. The molecule has 0 spiro atoms. The quantitative estimate of drug-likeness (QED) is 0.109. The Morgan fingerprint density at radius 1 is 0.424 bits per heavy atom. The Morgan fingerprint density at radius 2 is 0.965 bits per heavy atom. The van der Waals surface area contributed by atoms with E-state index in [0.717, 1.165) is 138 Å². The highest BCUT2D eigenvalue weighted by molar-refractivity contribution is 7.24. The van der Waals surface area contributed by atoms with Crippen molar-refractivity contribution in [1.82, 2.24) is 29.1 Å². The minimum absolute atomic E-state index is 0.120. The van der Waals surface area contributed by atoms with Gasteiger partial charge in [0.05, 0.1) is 19.5 Å². The fourth-order valence-electron chi connectivity index (χ4n) is 14.2. The summed E-state index contributed by atoms with van der Waals surface area (Å²) >= 11 is 10.4. The minimum Gasteiger partial charge on any atom is -0.454 e. The van der Waals surface area contributed by atoms with Crippen LogP contribution in [0.5, 0.6) is 0 Å². The molecule has 15 heteroatoms. The molecule has 18 rings (SSSR count). The van der Waals surface area contributed by atoms with Crippen molar-refractivity contribution >= 4 is 117 Å². The van der Waals surface area contributed by atoms with Crippen LogP contribution in [0.25, 0.3) is 96.9 Å². The van der Waals surface area contributed by atoms with Gasteiger partial charge in [0.1, 0.15) is 34.3 Å². The number of fused-ring (bicyclic) bond motifs is 16. The third-order valence-corrected chi connectivity index (χ3v) is 29.3. The van der Waals surface area contributed by atoms with Gasteiger partial charge >= 0.3 is 0 Å². The highest BCUT2D eigenvalue weighted by Gasteiger charge is 2.43. The number of hydrogen-bond donors (Lipinski definition) is 0. The van der Waals surface area contributed by atoms with E-state index in [1.54, 1.807) is 45.7 Å². The molecule has 4 aliphatic rings. The predicted octanol–water partition coefficient (Wildman–Crippen LogP) is 16.5. The lowest BCUT2D eigenvalue weighted by atomic mass is 9.91. The fourth-order valence-corrected chi connectivity index (χ4v) is 25.3. The summed E-state index contributed by atoms with van der Waals surface area (Å²) in [6.45, 7) is 0. The first-order valence-corrected chi connectivity index (χ1v) is 36.2. The molecule has 85 heavy (non-hydrogen) atoms. The van der Waals surface area contributed by atoms with Crippen LogP contribution in [0.2, 0.25) is 0 Å². The van der Waals surface area contributed by atoms with Gasteiger partial charge in [0.2, 0.25) is 0 Å². The highest BCUT2D eigenvalue weighted by atomic mass is 32.1. The molecule has 0 N–H and O–H groups in total. The molecule has 0 amide bonds. The predicted molar refractivity (Wildman–Crippen MR) is 354 cm³/mol. The summed E-state index contributed by atoms with van der Waals surface area (Å²) in [5.41, 5.74) is 12.8. The molecule has 8 heterocycles. The number of hydrogen-bond acceptors (Lipinski definition) is 14. The molecule has 8 aromatic heterocycles. The van der Waals surface area contributed by atoms with Crippen molar-refractivity contribution in [2.24, 2.45) is 0 Å². The van der Waals surface area contributed by atoms with E-state index >= 15 is 0 Å². The summed E-state index contributed by atoms with van der Waals surface area (Å²) in [5.74, 6) is 3.71. The van der Waals surface area contributed by atoms with Crippen molar-refractivity contribution in [3.8, 4) is 76.7 Å². The van der Waals surface area contributed by atoms with Crippen LogP contribution >= 0.6 is 68.4 Å². The fraction of sp³-hybridized carbons (Fsp3) is 0.171. The lowest BCUT2D eigenvalue weighted by Crippen LogP contribution is -2.74. The lowest BCUT2D eigenvalue weighted by molar-refractivity contribution is 0.592. The van der Waals surface area contributed by atoms with Crippen LogP contribution in [-0.4, -0.2) is 37.2 Å². The zero-order chi connectivity index (χ0) is 55.7. The molecule has 8 nitrogen and oxygen atoms in total. The zero-order valence-corrected chi connectivity index (χ0v) is 51.8. The molecule has 0 fully saturated rings. The van der Waals surface area contributed by atoms with Crippen LogP contribution in [0.15, 0.2) is 173 Å². The molecule has 1 unspecified atom stereocenters. The minimum atomic E-state index is -2.94. The number of furan rings is 2. The molecule has 4 aliphatic carbocycles. The number of aryl methyl sites for hydroxylation is 7. The number of benzene rings is 6. The normalized spacial score (nSPS) is 15.4. The third-order valence-electron chi connectivity index (χ3n) is 18.1. The maximum Gasteiger partial charge on any atom is 0.179 e. The average Bonchev–Trinajstić information content (AvgIpc) is 2.37. The second-order valence-electron chi connectivity index (χ2n) is 22.9. The Kier molecular flexibility index (Phi) is 12.1. The maximum absolute atomic E-state index is 7.03. The summed E-state index contributed by atoms with van der Waals surface area (Å²) in [6, 6.07) is 61.6. The van der Waals surface area contributed by atoms with Crippen molar-refractivity contribution in [3.63, 3.8) is 0 Å². The number of nitrogens with zero attached hydrogens (tertiary/aromatic N) is 6. The first-order valence-electron chi connectivity index (χ1n) is 29.4. The van der Waals surface area contributed by atoms with E-state index in [9.17, 15) is 0 Å². The Balaban J connectivity index is 0.688. The average molecular weight is 1230 g/mol. The van der Waals surface area contributed by atoms with Gasteiger partial charge in [0.25, 0.3) is 0 Å². The van der Waals surface area contributed by atoms with Crippen LogP contribution in [0, 0.1) is 0 Å². The van der Waals surface area contributed by atoms with E-state index < -0.39 is 8.07 Å². The van der Waals surface area contributed by atoms with Gasteiger partial charge < -0.3 is 8.83 Å². The molecule has 1 atom stereocenters. The highest BCUT2D eigenvalue weighted by Crippen LogP contribution is 2.50. The van der Waals surface area contributed by atoms with Gasteiger partial charge in [-0.05, 0) is 172 Å². The number of thiophene rings is 2. The third kappa shape index (κ3) is 8.18. The maximum atomic E-state index is 7.03. The van der Waals surface area contributed by atoms with Crippen LogP contribution in [0.4, 0.5) is 0 Å². The van der Waals surface area contributed by atoms with E-state index in [4.69, 9.17) is 33.5 Å². The standard InChI is InChI=1S/C70H50N6O2S6Si/c1-4-14-39(15-5-1)53-35-42-18-11-25-57-60(64(42)77-53)71-69(81-57)70-72-61-58(82-70)26-12-19-43-36-54(78-65(43)61)41-17-10-16-40(34-41)48-30-31-50-52-38-47(29-33-56(52)80-67(50)63-68(48)84-76-74-63)85(44-20-6-2-7-21-44,45-22-8-3-9-23-45)46-28-32-55-51(37-46)49-24-13-27-59-62(66(49)79-55)73-75-83-59/h1-10,14-17,20-23,28-29,32-38,48H,11-13,18-19,24-27,30-31H2. The van der Waals surface area contributed by atoms with Crippen molar-refractivity contribution < 1.29 is 8.83 Å². The first kappa shape index (κ1) is 50.7. The number of rotatable bonds is 8. The smallest absolute Gasteiger partial charge is 0.179 e. The van der Waals surface area contributed by atoms with E-state index in [2.05, 4.69) is 162 Å². The Hall–Kier alpha value is -7.60.